The van der Waals surface area contributed by atoms with Crippen LogP contribution in [0.2, 0.25) is 0 Å². The number of nitrogens with zero attached hydrogens (tertiary/aromatic N) is 4. The van der Waals surface area contributed by atoms with Crippen LogP contribution in [0.5, 0.6) is 0 Å². The van der Waals surface area contributed by atoms with Crippen LogP contribution in [0.25, 0.3) is 22.0 Å². The second-order valence-corrected chi connectivity index (χ2v) is 13.2. The molecule has 3 atom stereocenters. The van der Waals surface area contributed by atoms with Gasteiger partial charge in [-0.2, -0.15) is 32.1 Å². The first-order valence-corrected chi connectivity index (χ1v) is 15.7. The summed E-state index contributed by atoms with van der Waals surface area (Å²) in [6.45, 7) is 1.88. The minimum Gasteiger partial charge on any atom is -0.382 e. The van der Waals surface area contributed by atoms with Gasteiger partial charge in [0.1, 0.15) is 35.2 Å². The maximum Gasteiger partial charge on any atom is 0.435 e. The molecule has 5 N–H and O–H groups in total. The third-order valence-electron chi connectivity index (χ3n) is 8.85. The van der Waals surface area contributed by atoms with Crippen LogP contribution in [0.4, 0.5) is 36.6 Å². The molecule has 0 bridgehead atoms. The largest absolute Gasteiger partial charge is 0.435 e. The fourth-order valence-corrected chi connectivity index (χ4v) is 6.62. The maximum atomic E-state index is 15.2. The molecule has 1 fully saturated rings. The van der Waals surface area contributed by atoms with E-state index >= 15 is 8.78 Å². The zero-order valence-electron chi connectivity index (χ0n) is 26.8. The van der Waals surface area contributed by atoms with Crippen LogP contribution in [0, 0.1) is 29.4 Å². The molecule has 51 heavy (non-hydrogen) atoms. The van der Waals surface area contributed by atoms with E-state index in [1.807, 2.05) is 0 Å². The van der Waals surface area contributed by atoms with Gasteiger partial charge in [0.2, 0.25) is 5.91 Å². The van der Waals surface area contributed by atoms with Crippen molar-refractivity contribution in [2.45, 2.75) is 62.9 Å². The second kappa shape index (κ2) is 11.8. The van der Waals surface area contributed by atoms with Gasteiger partial charge in [0.25, 0.3) is 5.92 Å². The van der Waals surface area contributed by atoms with Gasteiger partial charge in [0, 0.05) is 28.5 Å². The van der Waals surface area contributed by atoms with E-state index in [0.29, 0.717) is 32.8 Å². The smallest absolute Gasteiger partial charge is 0.382 e. The van der Waals surface area contributed by atoms with Crippen LogP contribution >= 0.6 is 0 Å². The summed E-state index contributed by atoms with van der Waals surface area (Å²) in [4.78, 5) is 18.3. The number of hydrogen-bond acceptors (Lipinski definition) is 6. The van der Waals surface area contributed by atoms with Gasteiger partial charge < -0.3 is 16.2 Å². The molecule has 0 spiro atoms. The number of aliphatic hydroxyl groups is 1. The lowest BCUT2D eigenvalue weighted by molar-refractivity contribution is -0.142. The molecular weight excluding hydrogens is 683 g/mol. The average molecular weight is 712 g/mol. The van der Waals surface area contributed by atoms with E-state index in [2.05, 4.69) is 37.4 Å². The Labute approximate surface area is 285 Å². The van der Waals surface area contributed by atoms with Crippen LogP contribution in [0.1, 0.15) is 66.1 Å². The number of pyridine rings is 1. The number of nitrogen functional groups attached to an aromatic ring is 1. The van der Waals surface area contributed by atoms with Crippen LogP contribution in [-0.4, -0.2) is 41.6 Å². The van der Waals surface area contributed by atoms with E-state index < -0.39 is 76.6 Å². The molecule has 2 aliphatic rings. The summed E-state index contributed by atoms with van der Waals surface area (Å²) in [5.41, 5.74) is 3.41. The van der Waals surface area contributed by atoms with E-state index in [9.17, 15) is 31.9 Å². The molecule has 0 saturated heterocycles. The average Bonchev–Trinajstić information content (AvgIpc) is 3.54. The number of hydrogen-bond donors (Lipinski definition) is 4. The fourth-order valence-electron chi connectivity index (χ4n) is 6.62. The van der Waals surface area contributed by atoms with Crippen molar-refractivity contribution >= 4 is 22.6 Å². The van der Waals surface area contributed by atoms with Gasteiger partial charge in [0.15, 0.2) is 11.5 Å². The third kappa shape index (κ3) is 6.49. The lowest BCUT2D eigenvalue weighted by Crippen LogP contribution is -2.35. The van der Waals surface area contributed by atoms with Crippen molar-refractivity contribution in [3.8, 4) is 23.0 Å². The van der Waals surface area contributed by atoms with Crippen molar-refractivity contribution in [2.24, 2.45) is 5.92 Å². The molecule has 2 aliphatic carbocycles. The van der Waals surface area contributed by atoms with Gasteiger partial charge >= 0.3 is 6.18 Å². The SMILES string of the molecule is CC(C)(O)C#Cc1ccc(-c2ccc3[nH]nc(N)c3c2)c(C(Cc2cc(F)cc(F)c2)NC(=O)Cn2nc(C(F)(F)F)c3c2C(F)(F)C2CC32)n1. The summed E-state index contributed by atoms with van der Waals surface area (Å²) in [7, 11) is 0. The lowest BCUT2D eigenvalue weighted by Gasteiger charge is -2.23. The number of rotatable bonds is 7. The highest BCUT2D eigenvalue weighted by molar-refractivity contribution is 5.92. The Hall–Kier alpha value is -5.43. The number of nitrogens with one attached hydrogen (secondary N) is 2. The van der Waals surface area contributed by atoms with Crippen molar-refractivity contribution in [1.29, 1.82) is 0 Å². The molecule has 1 saturated carbocycles. The Morgan fingerprint density at radius 1 is 1.14 bits per heavy atom. The summed E-state index contributed by atoms with van der Waals surface area (Å²) in [5.74, 6) is -3.24. The Bertz CT molecular complexity index is 2260. The van der Waals surface area contributed by atoms with Crippen LogP contribution in [0.3, 0.4) is 0 Å². The second-order valence-electron chi connectivity index (χ2n) is 13.2. The predicted molar refractivity (Wildman–Crippen MR) is 170 cm³/mol. The first-order chi connectivity index (χ1) is 23.9. The summed E-state index contributed by atoms with van der Waals surface area (Å²) < 4.78 is 101. The van der Waals surface area contributed by atoms with Crippen molar-refractivity contribution in [3.05, 3.63) is 94.1 Å². The monoisotopic (exact) mass is 711 g/mol. The Balaban J connectivity index is 1.33. The first-order valence-electron chi connectivity index (χ1n) is 15.7. The van der Waals surface area contributed by atoms with E-state index in [1.54, 1.807) is 30.3 Å². The van der Waals surface area contributed by atoms with Crippen molar-refractivity contribution < 1.29 is 40.6 Å². The van der Waals surface area contributed by atoms with E-state index in [0.717, 1.165) is 12.1 Å². The van der Waals surface area contributed by atoms with Gasteiger partial charge in [-0.05, 0) is 86.1 Å². The third-order valence-corrected chi connectivity index (χ3v) is 8.85. The summed E-state index contributed by atoms with van der Waals surface area (Å²) in [6.07, 6.45) is -5.46. The highest BCUT2D eigenvalue weighted by Crippen LogP contribution is 2.68. The molecule has 2 aromatic carbocycles. The van der Waals surface area contributed by atoms with Crippen LogP contribution < -0.4 is 11.1 Å². The standard InChI is InChI=1S/C35H28F7N7O2/c1-33(2,51)8-7-20-4-5-21(17-3-6-25-23(12-17)32(43)47-46-25)29(44-20)26(11-16-9-18(36)13-19(37)10-16)45-27(50)15-49-31-28(30(48-49)35(40,41)42)22-14-24(22)34(31,38)39/h3-6,9-10,12-13,22,24,26,51H,11,14-15H2,1-2H3,(H,45,50)(H3,43,46,47). The van der Waals surface area contributed by atoms with Crippen molar-refractivity contribution in [1.82, 2.24) is 30.3 Å². The first kappa shape index (κ1) is 34.0. The van der Waals surface area contributed by atoms with Gasteiger partial charge in [-0.1, -0.05) is 12.0 Å². The van der Waals surface area contributed by atoms with E-state index in [4.69, 9.17) is 5.73 Å². The summed E-state index contributed by atoms with van der Waals surface area (Å²) in [5, 5.41) is 23.6. The van der Waals surface area contributed by atoms with E-state index in [1.165, 1.54) is 13.8 Å². The normalized spacial score (nSPS) is 18.2. The van der Waals surface area contributed by atoms with Crippen LogP contribution in [-0.2, 0) is 29.9 Å². The van der Waals surface area contributed by atoms with Gasteiger partial charge in [0.05, 0.1) is 17.3 Å². The molecule has 3 unspecified atom stereocenters. The molecule has 9 nitrogen and oxygen atoms in total. The number of H-pyrrole nitrogens is 1. The Kier molecular flexibility index (Phi) is 7.90. The topological polar surface area (TPSA) is 135 Å². The molecule has 16 heteroatoms. The number of benzene rings is 2. The molecule has 5 aromatic rings. The van der Waals surface area contributed by atoms with Crippen molar-refractivity contribution in [3.63, 3.8) is 0 Å². The fraction of sp³-hybridized carbons (Fsp3) is 0.314. The van der Waals surface area contributed by atoms with E-state index in [-0.39, 0.29) is 35.6 Å². The highest BCUT2D eigenvalue weighted by atomic mass is 19.4. The lowest BCUT2D eigenvalue weighted by atomic mass is 9.94. The Morgan fingerprint density at radius 2 is 1.86 bits per heavy atom. The minimum absolute atomic E-state index is 0.0685. The molecule has 0 radical (unpaired) electrons. The highest BCUT2D eigenvalue weighted by Gasteiger charge is 2.68. The number of fused-ring (bicyclic) bond motifs is 4. The zero-order valence-corrected chi connectivity index (χ0v) is 26.8. The molecule has 3 aromatic heterocycles. The molecule has 3 heterocycles. The van der Waals surface area contributed by atoms with Gasteiger partial charge in [-0.15, -0.1) is 0 Å². The summed E-state index contributed by atoms with van der Waals surface area (Å²) in [6, 6.07) is 9.69. The number of amides is 1. The number of carbonyl (C=O) groups excluding carboxylic acids is 1. The molecule has 264 valence electrons. The number of nitrogens with two attached hydrogens (primary N) is 1. The maximum absolute atomic E-state index is 15.2. The molecule has 1 amide bonds. The number of alkyl halides is 5. The summed E-state index contributed by atoms with van der Waals surface area (Å²) >= 11 is 0. The van der Waals surface area contributed by atoms with Gasteiger partial charge in [-0.25, -0.2) is 13.8 Å². The molecule has 0 aliphatic heterocycles. The zero-order chi connectivity index (χ0) is 36.6. The number of anilines is 1. The molecule has 7 rings (SSSR count). The Morgan fingerprint density at radius 3 is 2.55 bits per heavy atom. The number of halogens is 7. The molecular formula is C35H28F7N7O2. The van der Waals surface area contributed by atoms with Gasteiger partial charge in [-0.3, -0.25) is 14.6 Å². The predicted octanol–water partition coefficient (Wildman–Crippen LogP) is 6.13. The number of aromatic nitrogens is 5. The number of aromatic amines is 1. The van der Waals surface area contributed by atoms with Crippen molar-refractivity contribution in [2.75, 3.05) is 5.73 Å². The number of carbonyl (C=O) groups is 1. The van der Waals surface area contributed by atoms with Crippen LogP contribution in [0.15, 0.2) is 48.5 Å². The quantitative estimate of drug-likeness (QED) is 0.119. The minimum atomic E-state index is -5.04.